The van der Waals surface area contributed by atoms with E-state index in [0.29, 0.717) is 16.7 Å². The van der Waals surface area contributed by atoms with Crippen LogP contribution in [0.2, 0.25) is 0 Å². The fraction of sp³-hybridized carbons (Fsp3) is 0.0370. The zero-order valence-electron chi connectivity index (χ0n) is 16.6. The van der Waals surface area contributed by atoms with Crippen LogP contribution in [0, 0.1) is 6.92 Å². The zero-order chi connectivity index (χ0) is 20.5. The van der Waals surface area contributed by atoms with Crippen LogP contribution in [-0.2, 0) is 0 Å². The number of fused-ring (bicyclic) bond motifs is 2. The van der Waals surface area contributed by atoms with Crippen LogP contribution in [0.4, 0.5) is 0 Å². The predicted octanol–water partition coefficient (Wildman–Crippen LogP) is 6.02. The molecule has 0 bridgehead atoms. The van der Waals surface area contributed by atoms with Crippen molar-refractivity contribution >= 4 is 33.8 Å². The van der Waals surface area contributed by atoms with Crippen molar-refractivity contribution in [3.8, 4) is 5.69 Å². The topological polar surface area (TPSA) is 34.9 Å². The normalized spacial score (nSPS) is 11.5. The molecule has 1 heterocycles. The van der Waals surface area contributed by atoms with Crippen LogP contribution in [0.1, 0.15) is 17.0 Å². The third kappa shape index (κ3) is 3.20. The predicted molar refractivity (Wildman–Crippen MR) is 125 cm³/mol. The summed E-state index contributed by atoms with van der Waals surface area (Å²) in [6, 6.07) is 29.9. The number of nitrogens with zero attached hydrogens (tertiary/aromatic N) is 2. The first-order valence-electron chi connectivity index (χ1n) is 9.95. The molecule has 30 heavy (non-hydrogen) atoms. The molecule has 0 saturated heterocycles. The van der Waals surface area contributed by atoms with Gasteiger partial charge in [0.05, 0.1) is 16.6 Å². The molecule has 0 unspecified atom stereocenters. The summed E-state index contributed by atoms with van der Waals surface area (Å²) in [4.78, 5) is 18.2. The molecule has 0 spiro atoms. The molecule has 3 nitrogen and oxygen atoms in total. The second-order valence-corrected chi connectivity index (χ2v) is 7.37. The Bertz CT molecular complexity index is 1470. The minimum Gasteiger partial charge on any atom is -0.268 e. The average molecular weight is 388 g/mol. The Hall–Kier alpha value is -3.98. The van der Waals surface area contributed by atoms with Gasteiger partial charge in [-0.2, -0.15) is 0 Å². The van der Waals surface area contributed by atoms with Crippen LogP contribution in [0.3, 0.4) is 0 Å². The van der Waals surface area contributed by atoms with Crippen LogP contribution in [0.5, 0.6) is 0 Å². The molecule has 0 radical (unpaired) electrons. The summed E-state index contributed by atoms with van der Waals surface area (Å²) in [6.45, 7) is 2.02. The molecule has 5 rings (SSSR count). The lowest BCUT2D eigenvalue weighted by molar-refractivity contribution is 0.942. The van der Waals surface area contributed by atoms with Gasteiger partial charge in [-0.1, -0.05) is 72.8 Å². The van der Waals surface area contributed by atoms with E-state index in [1.165, 1.54) is 10.8 Å². The van der Waals surface area contributed by atoms with Gasteiger partial charge in [0.15, 0.2) is 0 Å². The molecule has 0 atom stereocenters. The maximum absolute atomic E-state index is 13.4. The average Bonchev–Trinajstić information content (AvgIpc) is 2.78. The van der Waals surface area contributed by atoms with Gasteiger partial charge in [0.1, 0.15) is 5.82 Å². The number of para-hydroxylation sites is 1. The van der Waals surface area contributed by atoms with Crippen molar-refractivity contribution in [3.63, 3.8) is 0 Å². The number of hydrogen-bond donors (Lipinski definition) is 0. The molecule has 0 N–H and O–H groups in total. The molecule has 0 aliphatic rings. The molecule has 0 amide bonds. The van der Waals surface area contributed by atoms with E-state index in [2.05, 4.69) is 24.3 Å². The van der Waals surface area contributed by atoms with Crippen molar-refractivity contribution < 1.29 is 0 Å². The van der Waals surface area contributed by atoms with E-state index < -0.39 is 0 Å². The highest BCUT2D eigenvalue weighted by atomic mass is 16.1. The Morgan fingerprint density at radius 2 is 1.50 bits per heavy atom. The van der Waals surface area contributed by atoms with E-state index >= 15 is 0 Å². The number of hydrogen-bond acceptors (Lipinski definition) is 2. The number of aryl methyl sites for hydroxylation is 1. The van der Waals surface area contributed by atoms with Crippen molar-refractivity contribution in [2.45, 2.75) is 6.92 Å². The van der Waals surface area contributed by atoms with Crippen LogP contribution in [0.15, 0.2) is 95.8 Å². The molecule has 1 aromatic heterocycles. The number of benzene rings is 4. The quantitative estimate of drug-likeness (QED) is 0.379. The first kappa shape index (κ1) is 18.1. The zero-order valence-corrected chi connectivity index (χ0v) is 16.6. The maximum atomic E-state index is 13.4. The minimum absolute atomic E-state index is 0.0660. The lowest BCUT2D eigenvalue weighted by Gasteiger charge is -2.12. The Morgan fingerprint density at radius 3 is 2.37 bits per heavy atom. The van der Waals surface area contributed by atoms with Crippen LogP contribution in [0.25, 0.3) is 39.5 Å². The fourth-order valence-corrected chi connectivity index (χ4v) is 3.84. The largest absolute Gasteiger partial charge is 0.268 e. The highest BCUT2D eigenvalue weighted by molar-refractivity contribution is 5.92. The van der Waals surface area contributed by atoms with E-state index in [1.807, 2.05) is 85.8 Å². The van der Waals surface area contributed by atoms with E-state index in [0.717, 1.165) is 16.8 Å². The third-order valence-corrected chi connectivity index (χ3v) is 5.30. The second-order valence-electron chi connectivity index (χ2n) is 7.37. The molecule has 0 saturated carbocycles. The van der Waals surface area contributed by atoms with Crippen LogP contribution < -0.4 is 5.56 Å². The van der Waals surface area contributed by atoms with Gasteiger partial charge in [-0.25, -0.2) is 4.98 Å². The lowest BCUT2D eigenvalue weighted by atomic mass is 10.0. The van der Waals surface area contributed by atoms with Crippen molar-refractivity contribution in [1.29, 1.82) is 0 Å². The molecular formula is C27H20N2O. The summed E-state index contributed by atoms with van der Waals surface area (Å²) < 4.78 is 1.69. The van der Waals surface area contributed by atoms with E-state index in [9.17, 15) is 4.79 Å². The summed E-state index contributed by atoms with van der Waals surface area (Å²) in [5.41, 5.74) is 3.63. The monoisotopic (exact) mass is 388 g/mol. The molecule has 0 aliphatic carbocycles. The standard InChI is InChI=1S/C27H20N2O/c1-19-8-6-12-22(18-19)29-26(28-25-15-5-4-14-24(25)27(29)30)17-16-21-11-7-10-20-9-2-3-13-23(20)21/h2-18H,1H3. The van der Waals surface area contributed by atoms with Crippen molar-refractivity contribution in [1.82, 2.24) is 9.55 Å². The number of rotatable bonds is 3. The molecule has 144 valence electrons. The summed E-state index contributed by atoms with van der Waals surface area (Å²) in [5.74, 6) is 0.609. The van der Waals surface area contributed by atoms with Gasteiger partial charge in [0.2, 0.25) is 0 Å². The van der Waals surface area contributed by atoms with E-state index in [1.54, 1.807) is 4.57 Å². The first-order valence-corrected chi connectivity index (χ1v) is 9.95. The highest BCUT2D eigenvalue weighted by Crippen LogP contribution is 2.21. The molecular weight excluding hydrogens is 368 g/mol. The van der Waals surface area contributed by atoms with E-state index in [4.69, 9.17) is 4.98 Å². The molecule has 4 aromatic carbocycles. The highest BCUT2D eigenvalue weighted by Gasteiger charge is 2.11. The summed E-state index contributed by atoms with van der Waals surface area (Å²) in [5, 5.41) is 2.96. The molecule has 5 aromatic rings. The molecule has 3 heteroatoms. The maximum Gasteiger partial charge on any atom is 0.266 e. The second kappa shape index (κ2) is 7.45. The smallest absolute Gasteiger partial charge is 0.266 e. The molecule has 0 fully saturated rings. The number of aromatic nitrogens is 2. The van der Waals surface area contributed by atoms with Gasteiger partial charge in [0.25, 0.3) is 5.56 Å². The van der Waals surface area contributed by atoms with Gasteiger partial charge >= 0.3 is 0 Å². The van der Waals surface area contributed by atoms with Gasteiger partial charge < -0.3 is 0 Å². The SMILES string of the molecule is Cc1cccc(-n2c(C=Cc3cccc4ccccc34)nc3ccccc3c2=O)c1. The van der Waals surface area contributed by atoms with Gasteiger partial charge in [-0.05, 0) is 59.2 Å². The third-order valence-electron chi connectivity index (χ3n) is 5.30. The Labute approximate surface area is 174 Å². The Balaban J connectivity index is 1.74. The Morgan fingerprint density at radius 1 is 0.767 bits per heavy atom. The van der Waals surface area contributed by atoms with Crippen molar-refractivity contribution in [3.05, 3.63) is 118 Å². The van der Waals surface area contributed by atoms with Gasteiger partial charge in [-0.15, -0.1) is 0 Å². The summed E-state index contributed by atoms with van der Waals surface area (Å²) >= 11 is 0. The van der Waals surface area contributed by atoms with E-state index in [-0.39, 0.29) is 5.56 Å². The first-order chi connectivity index (χ1) is 14.7. The fourth-order valence-electron chi connectivity index (χ4n) is 3.84. The lowest BCUT2D eigenvalue weighted by Crippen LogP contribution is -2.22. The van der Waals surface area contributed by atoms with Gasteiger partial charge in [0, 0.05) is 0 Å². The van der Waals surface area contributed by atoms with Crippen LogP contribution in [-0.4, -0.2) is 9.55 Å². The Kier molecular flexibility index (Phi) is 4.49. The summed E-state index contributed by atoms with van der Waals surface area (Å²) in [6.07, 6.45) is 3.96. The van der Waals surface area contributed by atoms with Crippen molar-refractivity contribution in [2.75, 3.05) is 0 Å². The van der Waals surface area contributed by atoms with Crippen LogP contribution >= 0.6 is 0 Å². The summed E-state index contributed by atoms with van der Waals surface area (Å²) in [7, 11) is 0. The van der Waals surface area contributed by atoms with Crippen molar-refractivity contribution in [2.24, 2.45) is 0 Å². The minimum atomic E-state index is -0.0660. The van der Waals surface area contributed by atoms with Gasteiger partial charge in [-0.3, -0.25) is 9.36 Å². The molecule has 0 aliphatic heterocycles.